The molecule has 1 aromatic rings. The average Bonchev–Trinajstić information content (AvgIpc) is 2.38. The lowest BCUT2D eigenvalue weighted by atomic mass is 10.2. The minimum absolute atomic E-state index is 0.0111. The number of anilines is 1. The Labute approximate surface area is 107 Å². The topological polar surface area (TPSA) is 134 Å². The Kier molecular flexibility index (Phi) is 4.48. The number of nitrogens with zero attached hydrogens (tertiary/aromatic N) is 4. The second kappa shape index (κ2) is 6.06. The molecule has 0 saturated carbocycles. The minimum Gasteiger partial charge on any atom is -0.272 e. The first-order chi connectivity index (χ1) is 8.95. The van der Waals surface area contributed by atoms with E-state index in [-0.39, 0.29) is 11.4 Å². The molecule has 9 nitrogen and oxygen atoms in total. The van der Waals surface area contributed by atoms with Gasteiger partial charge in [0.1, 0.15) is 5.69 Å². The van der Waals surface area contributed by atoms with Gasteiger partial charge in [0.05, 0.1) is 27.9 Å². The molecule has 1 rings (SSSR count). The Hall–Kier alpha value is -3.02. The van der Waals surface area contributed by atoms with Crippen molar-refractivity contribution >= 4 is 23.3 Å². The summed E-state index contributed by atoms with van der Waals surface area (Å²) in [6.45, 7) is 1.59. The molecule has 0 fully saturated rings. The first-order valence-corrected chi connectivity index (χ1v) is 5.07. The number of non-ortho nitro benzene ring substituents is 1. The second-order valence-electron chi connectivity index (χ2n) is 3.52. The van der Waals surface area contributed by atoms with Crippen LogP contribution in [-0.2, 0) is 0 Å². The summed E-state index contributed by atoms with van der Waals surface area (Å²) in [4.78, 5) is 19.8. The van der Waals surface area contributed by atoms with Gasteiger partial charge in [-0.05, 0) is 13.0 Å². The SMILES string of the molecule is CC(C#N)C=NNc1ccc([N+](=O)[O-])cc1[N+](=O)[O-]. The Morgan fingerprint density at radius 3 is 2.63 bits per heavy atom. The van der Waals surface area contributed by atoms with E-state index in [2.05, 4.69) is 10.5 Å². The smallest absolute Gasteiger partial charge is 0.272 e. The molecule has 98 valence electrons. The molecule has 1 aromatic carbocycles. The Bertz CT molecular complexity index is 578. The van der Waals surface area contributed by atoms with Crippen LogP contribution in [0.15, 0.2) is 23.3 Å². The molecule has 1 N–H and O–H groups in total. The molecule has 0 aromatic heterocycles. The summed E-state index contributed by atoms with van der Waals surface area (Å²) in [6, 6.07) is 5.05. The van der Waals surface area contributed by atoms with E-state index in [1.807, 2.05) is 6.07 Å². The lowest BCUT2D eigenvalue weighted by Gasteiger charge is -2.01. The lowest BCUT2D eigenvalue weighted by Crippen LogP contribution is -2.00. The van der Waals surface area contributed by atoms with E-state index in [1.165, 1.54) is 12.3 Å². The fourth-order valence-electron chi connectivity index (χ4n) is 1.13. The summed E-state index contributed by atoms with van der Waals surface area (Å²) in [6.07, 6.45) is 1.27. The summed E-state index contributed by atoms with van der Waals surface area (Å²) in [5.74, 6) is -0.454. The van der Waals surface area contributed by atoms with Crippen molar-refractivity contribution in [1.82, 2.24) is 0 Å². The van der Waals surface area contributed by atoms with E-state index in [0.29, 0.717) is 0 Å². The molecule has 0 aliphatic carbocycles. The molecule has 1 unspecified atom stereocenters. The number of nitro groups is 2. The molecule has 0 radical (unpaired) electrons. The van der Waals surface area contributed by atoms with E-state index in [9.17, 15) is 20.2 Å². The summed E-state index contributed by atoms with van der Waals surface area (Å²) in [5, 5.41) is 33.5. The molecule has 19 heavy (non-hydrogen) atoms. The van der Waals surface area contributed by atoms with E-state index in [4.69, 9.17) is 5.26 Å². The number of hydrogen-bond acceptors (Lipinski definition) is 7. The highest BCUT2D eigenvalue weighted by molar-refractivity contribution is 5.69. The normalized spacial score (nSPS) is 11.8. The zero-order valence-electron chi connectivity index (χ0n) is 9.81. The molecule has 0 aliphatic rings. The molecule has 0 aliphatic heterocycles. The largest absolute Gasteiger partial charge is 0.301 e. The maximum absolute atomic E-state index is 10.8. The van der Waals surface area contributed by atoms with Gasteiger partial charge >= 0.3 is 5.69 Å². The molecule has 0 saturated heterocycles. The van der Waals surface area contributed by atoms with Crippen molar-refractivity contribution < 1.29 is 9.85 Å². The fourth-order valence-corrected chi connectivity index (χ4v) is 1.13. The van der Waals surface area contributed by atoms with Gasteiger partial charge in [-0.2, -0.15) is 10.4 Å². The van der Waals surface area contributed by atoms with Gasteiger partial charge < -0.3 is 0 Å². The van der Waals surface area contributed by atoms with Gasteiger partial charge in [0.15, 0.2) is 0 Å². The van der Waals surface area contributed by atoms with Crippen LogP contribution in [0.5, 0.6) is 0 Å². The average molecular weight is 263 g/mol. The number of hydrazone groups is 1. The van der Waals surface area contributed by atoms with Crippen LogP contribution in [0.3, 0.4) is 0 Å². The number of nitriles is 1. The lowest BCUT2D eigenvalue weighted by molar-refractivity contribution is -0.393. The fraction of sp³-hybridized carbons (Fsp3) is 0.200. The Morgan fingerprint density at radius 2 is 2.11 bits per heavy atom. The van der Waals surface area contributed by atoms with E-state index in [0.717, 1.165) is 12.1 Å². The van der Waals surface area contributed by atoms with Crippen molar-refractivity contribution in [2.24, 2.45) is 11.0 Å². The zero-order chi connectivity index (χ0) is 14.4. The quantitative estimate of drug-likeness (QED) is 0.490. The molecule has 0 bridgehead atoms. The van der Waals surface area contributed by atoms with Crippen molar-refractivity contribution in [1.29, 1.82) is 5.26 Å². The first-order valence-electron chi connectivity index (χ1n) is 5.07. The Morgan fingerprint density at radius 1 is 1.42 bits per heavy atom. The molecule has 0 heterocycles. The highest BCUT2D eigenvalue weighted by Gasteiger charge is 2.18. The number of nitrogens with one attached hydrogen (secondary N) is 1. The minimum atomic E-state index is -0.751. The van der Waals surface area contributed by atoms with Crippen molar-refractivity contribution in [3.05, 3.63) is 38.4 Å². The molecular weight excluding hydrogens is 254 g/mol. The molecule has 9 heteroatoms. The summed E-state index contributed by atoms with van der Waals surface area (Å²) >= 11 is 0. The van der Waals surface area contributed by atoms with E-state index >= 15 is 0 Å². The van der Waals surface area contributed by atoms with Crippen LogP contribution in [0.4, 0.5) is 17.1 Å². The van der Waals surface area contributed by atoms with Crippen LogP contribution in [0.1, 0.15) is 6.92 Å². The Balaban J connectivity index is 3.01. The van der Waals surface area contributed by atoms with Crippen LogP contribution in [0.25, 0.3) is 0 Å². The maximum atomic E-state index is 10.8. The van der Waals surface area contributed by atoms with Gasteiger partial charge in [-0.15, -0.1) is 0 Å². The van der Waals surface area contributed by atoms with Gasteiger partial charge in [0.25, 0.3) is 5.69 Å². The first kappa shape index (κ1) is 14.0. The highest BCUT2D eigenvalue weighted by Crippen LogP contribution is 2.28. The summed E-state index contributed by atoms with van der Waals surface area (Å²) in [7, 11) is 0. The van der Waals surface area contributed by atoms with Crippen LogP contribution in [0, 0.1) is 37.5 Å². The third kappa shape index (κ3) is 3.74. The van der Waals surface area contributed by atoms with E-state index < -0.39 is 21.5 Å². The number of rotatable bonds is 5. The standard InChI is InChI=1S/C10H9N5O4/c1-7(5-11)6-12-13-9-3-2-8(14(16)17)4-10(9)15(18)19/h2-4,6-7,13H,1H3. The predicted octanol–water partition coefficient (Wildman–Crippen LogP) is 2.06. The van der Waals surface area contributed by atoms with Crippen molar-refractivity contribution in [2.75, 3.05) is 5.43 Å². The third-order valence-corrected chi connectivity index (χ3v) is 2.08. The van der Waals surface area contributed by atoms with Crippen LogP contribution < -0.4 is 5.43 Å². The van der Waals surface area contributed by atoms with Gasteiger partial charge in [-0.3, -0.25) is 25.7 Å². The third-order valence-electron chi connectivity index (χ3n) is 2.08. The number of nitro benzene ring substituents is 2. The maximum Gasteiger partial charge on any atom is 0.301 e. The van der Waals surface area contributed by atoms with Gasteiger partial charge in [-0.25, -0.2) is 0 Å². The predicted molar refractivity (Wildman–Crippen MR) is 66.6 cm³/mol. The monoisotopic (exact) mass is 263 g/mol. The zero-order valence-corrected chi connectivity index (χ0v) is 9.81. The summed E-state index contributed by atoms with van der Waals surface area (Å²) < 4.78 is 0. The van der Waals surface area contributed by atoms with Crippen molar-refractivity contribution in [3.8, 4) is 6.07 Å². The van der Waals surface area contributed by atoms with Crippen LogP contribution >= 0.6 is 0 Å². The van der Waals surface area contributed by atoms with Crippen LogP contribution in [-0.4, -0.2) is 16.1 Å². The van der Waals surface area contributed by atoms with E-state index in [1.54, 1.807) is 6.92 Å². The highest BCUT2D eigenvalue weighted by atomic mass is 16.6. The molecular formula is C10H9N5O4. The van der Waals surface area contributed by atoms with Gasteiger partial charge in [0.2, 0.25) is 0 Å². The molecule has 1 atom stereocenters. The molecule has 0 amide bonds. The van der Waals surface area contributed by atoms with Crippen molar-refractivity contribution in [2.45, 2.75) is 6.92 Å². The van der Waals surface area contributed by atoms with Crippen LogP contribution in [0.2, 0.25) is 0 Å². The molecule has 0 spiro atoms. The number of benzene rings is 1. The van der Waals surface area contributed by atoms with Gasteiger partial charge in [0, 0.05) is 12.3 Å². The van der Waals surface area contributed by atoms with Gasteiger partial charge in [-0.1, -0.05) is 0 Å². The number of hydrogen-bond donors (Lipinski definition) is 1. The summed E-state index contributed by atoms with van der Waals surface area (Å²) in [5.41, 5.74) is 1.55. The van der Waals surface area contributed by atoms with Crippen molar-refractivity contribution in [3.63, 3.8) is 0 Å². The second-order valence-corrected chi connectivity index (χ2v) is 3.52.